The van der Waals surface area contributed by atoms with Gasteiger partial charge in [-0.2, -0.15) is 5.10 Å². The number of hydrogen-bond donors (Lipinski definition) is 1. The predicted octanol–water partition coefficient (Wildman–Crippen LogP) is 2.04. The van der Waals surface area contributed by atoms with E-state index in [1.807, 2.05) is 13.2 Å². The SMILES string of the molecule is CCOc1cnn(-c2nc(SC)nc3c2C(=O)N(C2CCCCC2O)C3)c1. The van der Waals surface area contributed by atoms with Crippen LogP contribution in [-0.2, 0) is 6.54 Å². The molecule has 2 aromatic rings. The molecule has 1 N–H and O–H groups in total. The topological polar surface area (TPSA) is 93.4 Å². The van der Waals surface area contributed by atoms with Crippen molar-refractivity contribution in [1.82, 2.24) is 24.6 Å². The molecule has 0 bridgehead atoms. The number of carbonyl (C=O) groups excluding carboxylic acids is 1. The van der Waals surface area contributed by atoms with Crippen LogP contribution in [0.5, 0.6) is 5.75 Å². The molecule has 0 radical (unpaired) electrons. The first-order valence-corrected chi connectivity index (χ1v) is 10.5. The lowest BCUT2D eigenvalue weighted by Gasteiger charge is -2.34. The highest BCUT2D eigenvalue weighted by atomic mass is 32.2. The minimum atomic E-state index is -0.484. The van der Waals surface area contributed by atoms with E-state index in [0.717, 1.165) is 25.7 Å². The number of rotatable bonds is 5. The van der Waals surface area contributed by atoms with Crippen molar-refractivity contribution in [2.45, 2.75) is 56.5 Å². The van der Waals surface area contributed by atoms with Crippen LogP contribution in [0.2, 0.25) is 0 Å². The van der Waals surface area contributed by atoms with Gasteiger partial charge >= 0.3 is 0 Å². The molecule has 27 heavy (non-hydrogen) atoms. The number of fused-ring (bicyclic) bond motifs is 1. The molecule has 1 aliphatic heterocycles. The van der Waals surface area contributed by atoms with Gasteiger partial charge in [0.05, 0.1) is 43.4 Å². The van der Waals surface area contributed by atoms with Gasteiger partial charge in [0.1, 0.15) is 5.56 Å². The van der Waals surface area contributed by atoms with Crippen molar-refractivity contribution >= 4 is 17.7 Å². The van der Waals surface area contributed by atoms with Gasteiger partial charge in [0, 0.05) is 0 Å². The maximum atomic E-state index is 13.2. The second kappa shape index (κ2) is 7.47. The minimum absolute atomic E-state index is 0.132. The van der Waals surface area contributed by atoms with Crippen LogP contribution in [0.3, 0.4) is 0 Å². The Labute approximate surface area is 161 Å². The fraction of sp³-hybridized carbons (Fsp3) is 0.556. The largest absolute Gasteiger partial charge is 0.491 e. The third-order valence-corrected chi connectivity index (χ3v) is 5.65. The molecule has 8 nitrogen and oxygen atoms in total. The summed E-state index contributed by atoms with van der Waals surface area (Å²) in [6.07, 6.45) is 8.32. The summed E-state index contributed by atoms with van der Waals surface area (Å²) in [5.41, 5.74) is 1.16. The molecule has 1 amide bonds. The number of aliphatic hydroxyl groups excluding tert-OH is 1. The number of amides is 1. The summed E-state index contributed by atoms with van der Waals surface area (Å²) in [5, 5.41) is 15.3. The van der Waals surface area contributed by atoms with E-state index in [-0.39, 0.29) is 11.9 Å². The van der Waals surface area contributed by atoms with Gasteiger partial charge in [-0.3, -0.25) is 4.79 Å². The lowest BCUT2D eigenvalue weighted by molar-refractivity contribution is 0.0189. The van der Waals surface area contributed by atoms with Crippen LogP contribution in [0, 0.1) is 0 Å². The van der Waals surface area contributed by atoms with Gasteiger partial charge in [-0.1, -0.05) is 24.6 Å². The summed E-state index contributed by atoms with van der Waals surface area (Å²) in [6.45, 7) is 2.84. The first kappa shape index (κ1) is 18.2. The molecule has 1 fully saturated rings. The molecule has 2 unspecified atom stereocenters. The minimum Gasteiger partial charge on any atom is -0.491 e. The Bertz CT molecular complexity index is 856. The van der Waals surface area contributed by atoms with Gasteiger partial charge < -0.3 is 14.7 Å². The van der Waals surface area contributed by atoms with E-state index in [1.165, 1.54) is 11.8 Å². The molecule has 2 aliphatic rings. The maximum Gasteiger partial charge on any atom is 0.260 e. The van der Waals surface area contributed by atoms with E-state index in [0.29, 0.717) is 41.1 Å². The Hall–Kier alpha value is -2.13. The number of nitrogens with zero attached hydrogens (tertiary/aromatic N) is 5. The van der Waals surface area contributed by atoms with Crippen molar-refractivity contribution in [3.05, 3.63) is 23.7 Å². The van der Waals surface area contributed by atoms with Crippen LogP contribution in [-0.4, -0.2) is 60.7 Å². The molecule has 1 aliphatic carbocycles. The average Bonchev–Trinajstić information content (AvgIpc) is 3.27. The Morgan fingerprint density at radius 2 is 2.15 bits per heavy atom. The second-order valence-corrected chi connectivity index (χ2v) is 7.53. The first-order chi connectivity index (χ1) is 13.1. The summed E-state index contributed by atoms with van der Waals surface area (Å²) in [6, 6.07) is -0.164. The van der Waals surface area contributed by atoms with Gasteiger partial charge in [-0.25, -0.2) is 14.6 Å². The summed E-state index contributed by atoms with van der Waals surface area (Å²) in [4.78, 5) is 24.1. The van der Waals surface area contributed by atoms with Crippen molar-refractivity contribution in [3.8, 4) is 11.6 Å². The normalized spacial score (nSPS) is 22.2. The summed E-state index contributed by atoms with van der Waals surface area (Å²) in [7, 11) is 0. The van der Waals surface area contributed by atoms with Crippen LogP contribution < -0.4 is 4.74 Å². The van der Waals surface area contributed by atoms with Gasteiger partial charge in [-0.15, -0.1) is 0 Å². The average molecular weight is 389 g/mol. The Morgan fingerprint density at radius 3 is 2.89 bits per heavy atom. The smallest absolute Gasteiger partial charge is 0.260 e. The quantitative estimate of drug-likeness (QED) is 0.618. The predicted molar refractivity (Wildman–Crippen MR) is 100 cm³/mol. The summed E-state index contributed by atoms with van der Waals surface area (Å²) in [5.74, 6) is 0.959. The number of aliphatic hydroxyl groups is 1. The Kier molecular flexibility index (Phi) is 5.05. The second-order valence-electron chi connectivity index (χ2n) is 6.76. The molecule has 0 spiro atoms. The molecule has 2 atom stereocenters. The Morgan fingerprint density at radius 1 is 1.33 bits per heavy atom. The van der Waals surface area contributed by atoms with Crippen molar-refractivity contribution in [1.29, 1.82) is 0 Å². The van der Waals surface area contributed by atoms with Crippen molar-refractivity contribution in [2.24, 2.45) is 0 Å². The number of aromatic nitrogens is 4. The molecule has 1 saturated carbocycles. The van der Waals surface area contributed by atoms with E-state index < -0.39 is 6.10 Å². The van der Waals surface area contributed by atoms with Crippen LogP contribution in [0.1, 0.15) is 48.7 Å². The Balaban J connectivity index is 1.73. The lowest BCUT2D eigenvalue weighted by Crippen LogP contribution is -2.45. The van der Waals surface area contributed by atoms with Crippen LogP contribution in [0.25, 0.3) is 5.82 Å². The first-order valence-electron chi connectivity index (χ1n) is 9.24. The summed E-state index contributed by atoms with van der Waals surface area (Å²) < 4.78 is 7.05. The monoisotopic (exact) mass is 389 g/mol. The van der Waals surface area contributed by atoms with Crippen molar-refractivity contribution in [2.75, 3.05) is 12.9 Å². The zero-order chi connectivity index (χ0) is 19.0. The third kappa shape index (κ3) is 3.29. The molecule has 3 heterocycles. The van der Waals surface area contributed by atoms with E-state index in [4.69, 9.17) is 4.74 Å². The van der Waals surface area contributed by atoms with E-state index in [2.05, 4.69) is 15.1 Å². The molecule has 144 valence electrons. The standard InChI is InChI=1S/C18H23N5O3S/c1-3-26-11-8-19-23(9-11)16-15-12(20-18(21-16)27-2)10-22(17(15)25)13-6-4-5-7-14(13)24/h8-9,13-14,24H,3-7,10H2,1-2H3. The highest BCUT2D eigenvalue weighted by Crippen LogP contribution is 2.33. The van der Waals surface area contributed by atoms with E-state index in [9.17, 15) is 9.90 Å². The van der Waals surface area contributed by atoms with Crippen molar-refractivity contribution in [3.63, 3.8) is 0 Å². The molecular weight excluding hydrogens is 366 g/mol. The molecular formula is C18H23N5O3S. The highest BCUT2D eigenvalue weighted by molar-refractivity contribution is 7.98. The van der Waals surface area contributed by atoms with Gasteiger partial charge in [0.15, 0.2) is 16.7 Å². The maximum absolute atomic E-state index is 13.2. The molecule has 4 rings (SSSR count). The zero-order valence-electron chi connectivity index (χ0n) is 15.5. The van der Waals surface area contributed by atoms with Gasteiger partial charge in [0.25, 0.3) is 5.91 Å². The molecule has 2 aromatic heterocycles. The van der Waals surface area contributed by atoms with E-state index >= 15 is 0 Å². The van der Waals surface area contributed by atoms with Crippen LogP contribution in [0.15, 0.2) is 17.6 Å². The van der Waals surface area contributed by atoms with Crippen molar-refractivity contribution < 1.29 is 14.6 Å². The van der Waals surface area contributed by atoms with Gasteiger partial charge in [0.2, 0.25) is 0 Å². The van der Waals surface area contributed by atoms with E-state index in [1.54, 1.807) is 22.0 Å². The number of carbonyl (C=O) groups is 1. The lowest BCUT2D eigenvalue weighted by atomic mass is 9.91. The van der Waals surface area contributed by atoms with Gasteiger partial charge in [-0.05, 0) is 26.0 Å². The highest BCUT2D eigenvalue weighted by Gasteiger charge is 2.40. The molecule has 0 saturated heterocycles. The fourth-order valence-corrected chi connectivity index (χ4v) is 4.20. The molecule has 9 heteroatoms. The zero-order valence-corrected chi connectivity index (χ0v) is 16.3. The van der Waals surface area contributed by atoms with Crippen LogP contribution >= 0.6 is 11.8 Å². The third-order valence-electron chi connectivity index (χ3n) is 5.10. The number of thioether (sulfide) groups is 1. The van der Waals surface area contributed by atoms with Crippen LogP contribution in [0.4, 0.5) is 0 Å². The number of ether oxygens (including phenoxy) is 1. The molecule has 0 aromatic carbocycles. The summed E-state index contributed by atoms with van der Waals surface area (Å²) >= 11 is 1.43. The number of hydrogen-bond acceptors (Lipinski definition) is 7. The fourth-order valence-electron chi connectivity index (χ4n) is 3.83.